The van der Waals surface area contributed by atoms with Crippen LogP contribution in [0.4, 0.5) is 11.5 Å². The molecule has 1 aromatic rings. The number of pyridine rings is 1. The van der Waals surface area contributed by atoms with E-state index in [2.05, 4.69) is 20.9 Å². The lowest BCUT2D eigenvalue weighted by Crippen LogP contribution is -2.56. The van der Waals surface area contributed by atoms with Crippen molar-refractivity contribution in [3.05, 3.63) is 30.0 Å². The van der Waals surface area contributed by atoms with Gasteiger partial charge in [0.05, 0.1) is 36.2 Å². The molecule has 0 aliphatic heterocycles. The molecule has 9 heteroatoms. The van der Waals surface area contributed by atoms with Gasteiger partial charge in [-0.1, -0.05) is 13.8 Å². The van der Waals surface area contributed by atoms with Crippen LogP contribution >= 0.6 is 0 Å². The summed E-state index contributed by atoms with van der Waals surface area (Å²) in [5.74, 6) is -0.952. The van der Waals surface area contributed by atoms with Crippen LogP contribution < -0.4 is 16.0 Å². The maximum Gasteiger partial charge on any atom is 0.331 e. The smallest absolute Gasteiger partial charge is 0.331 e. The minimum Gasteiger partial charge on any atom is -0.478 e. The summed E-state index contributed by atoms with van der Waals surface area (Å²) in [6.07, 6.45) is 4.21. The minimum atomic E-state index is -1.02. The number of nitrogens with one attached hydrogen (secondary N) is 3. The molecule has 4 N–H and O–H groups in total. The maximum atomic E-state index is 11.9. The topological polar surface area (TPSA) is 130 Å². The summed E-state index contributed by atoms with van der Waals surface area (Å²) in [5.41, 5.74) is 0.774. The van der Waals surface area contributed by atoms with E-state index in [1.165, 1.54) is 20.0 Å². The van der Waals surface area contributed by atoms with E-state index < -0.39 is 24.2 Å². The van der Waals surface area contributed by atoms with Gasteiger partial charge in [0, 0.05) is 25.8 Å². The number of nitrogens with zero attached hydrogens (tertiary/aromatic N) is 1. The monoisotopic (exact) mass is 418 g/mol. The van der Waals surface area contributed by atoms with Gasteiger partial charge in [-0.3, -0.25) is 9.59 Å². The van der Waals surface area contributed by atoms with E-state index in [1.54, 1.807) is 18.2 Å². The molecule has 1 aliphatic carbocycles. The Kier molecular flexibility index (Phi) is 8.35. The minimum absolute atomic E-state index is 0.0497. The number of anilines is 2. The molecule has 2 amide bonds. The Morgan fingerprint density at radius 3 is 2.40 bits per heavy atom. The highest BCUT2D eigenvalue weighted by Crippen LogP contribution is 2.26. The predicted molar refractivity (Wildman–Crippen MR) is 113 cm³/mol. The summed E-state index contributed by atoms with van der Waals surface area (Å²) in [5, 5.41) is 18.3. The van der Waals surface area contributed by atoms with Gasteiger partial charge >= 0.3 is 5.97 Å². The number of amides is 2. The lowest BCUT2D eigenvalue weighted by atomic mass is 9.87. The van der Waals surface area contributed by atoms with Crippen molar-refractivity contribution in [2.75, 3.05) is 10.6 Å². The molecule has 0 saturated carbocycles. The van der Waals surface area contributed by atoms with Crippen molar-refractivity contribution in [1.82, 2.24) is 10.3 Å². The SMILES string of the molecule is CCC(CC)O[C@@H]1C=C(C(=O)O)C[C@H](Nc2ccc(NC(C)=O)cn2)[C@H]1NC(C)=O. The van der Waals surface area contributed by atoms with E-state index in [-0.39, 0.29) is 29.9 Å². The third kappa shape index (κ3) is 6.55. The van der Waals surface area contributed by atoms with Crippen LogP contribution in [0.5, 0.6) is 0 Å². The molecule has 0 spiro atoms. The average molecular weight is 418 g/mol. The van der Waals surface area contributed by atoms with Gasteiger partial charge in [-0.25, -0.2) is 9.78 Å². The molecule has 0 unspecified atom stereocenters. The summed E-state index contributed by atoms with van der Waals surface area (Å²) >= 11 is 0. The second-order valence-corrected chi connectivity index (χ2v) is 7.33. The van der Waals surface area contributed by atoms with E-state index in [9.17, 15) is 19.5 Å². The molecule has 30 heavy (non-hydrogen) atoms. The molecule has 0 fully saturated rings. The zero-order valence-corrected chi connectivity index (χ0v) is 17.8. The Hall–Kier alpha value is -2.94. The second kappa shape index (κ2) is 10.7. The first-order valence-electron chi connectivity index (χ1n) is 10.1. The average Bonchev–Trinajstić information content (AvgIpc) is 2.68. The van der Waals surface area contributed by atoms with Crippen molar-refractivity contribution in [2.45, 2.75) is 71.2 Å². The number of hydrogen-bond donors (Lipinski definition) is 4. The number of carbonyl (C=O) groups is 3. The fraction of sp³-hybridized carbons (Fsp3) is 0.524. The highest BCUT2D eigenvalue weighted by molar-refractivity contribution is 5.88. The zero-order chi connectivity index (χ0) is 22.3. The molecule has 1 heterocycles. The van der Waals surface area contributed by atoms with Crippen molar-refractivity contribution in [1.29, 1.82) is 0 Å². The highest BCUT2D eigenvalue weighted by Gasteiger charge is 2.37. The van der Waals surface area contributed by atoms with Gasteiger partial charge in [0.25, 0.3) is 0 Å². The fourth-order valence-corrected chi connectivity index (χ4v) is 3.45. The molecular formula is C21H30N4O5. The third-order valence-corrected chi connectivity index (χ3v) is 4.91. The second-order valence-electron chi connectivity index (χ2n) is 7.33. The van der Waals surface area contributed by atoms with Crippen molar-refractivity contribution in [3.8, 4) is 0 Å². The Morgan fingerprint density at radius 1 is 1.20 bits per heavy atom. The van der Waals surface area contributed by atoms with Gasteiger partial charge in [-0.15, -0.1) is 0 Å². The number of carboxylic acid groups (broad SMARTS) is 1. The summed E-state index contributed by atoms with van der Waals surface area (Å²) in [4.78, 5) is 39.0. The third-order valence-electron chi connectivity index (χ3n) is 4.91. The predicted octanol–water partition coefficient (Wildman–Crippen LogP) is 2.31. The van der Waals surface area contributed by atoms with Gasteiger partial charge in [-0.2, -0.15) is 0 Å². The Bertz CT molecular complexity index is 789. The molecule has 2 rings (SSSR count). The van der Waals surface area contributed by atoms with Crippen LogP contribution in [0.1, 0.15) is 47.0 Å². The van der Waals surface area contributed by atoms with Gasteiger partial charge in [0.2, 0.25) is 11.8 Å². The molecule has 0 bridgehead atoms. The molecule has 164 valence electrons. The highest BCUT2D eigenvalue weighted by atomic mass is 16.5. The summed E-state index contributed by atoms with van der Waals surface area (Å²) in [6.45, 7) is 6.83. The Balaban J connectivity index is 2.29. The van der Waals surface area contributed by atoms with E-state index >= 15 is 0 Å². The molecule has 1 aromatic heterocycles. The van der Waals surface area contributed by atoms with Crippen molar-refractivity contribution in [3.63, 3.8) is 0 Å². The lowest BCUT2D eigenvalue weighted by Gasteiger charge is -2.38. The van der Waals surface area contributed by atoms with E-state index in [0.717, 1.165) is 12.8 Å². The van der Waals surface area contributed by atoms with Gasteiger partial charge in [0.1, 0.15) is 5.82 Å². The number of hydrogen-bond acceptors (Lipinski definition) is 6. The number of aliphatic carboxylic acids is 1. The first-order chi connectivity index (χ1) is 14.2. The van der Waals surface area contributed by atoms with Gasteiger partial charge in [-0.05, 0) is 31.1 Å². The first kappa shape index (κ1) is 23.3. The number of rotatable bonds is 9. The van der Waals surface area contributed by atoms with Crippen LogP contribution in [0.2, 0.25) is 0 Å². The van der Waals surface area contributed by atoms with Crippen LogP contribution in [0, 0.1) is 0 Å². The zero-order valence-electron chi connectivity index (χ0n) is 17.8. The van der Waals surface area contributed by atoms with Crippen LogP contribution in [0.25, 0.3) is 0 Å². The number of carbonyl (C=O) groups excluding carboxylic acids is 2. The lowest BCUT2D eigenvalue weighted by molar-refractivity contribution is -0.133. The van der Waals surface area contributed by atoms with Crippen LogP contribution in [0.15, 0.2) is 30.0 Å². The molecular weight excluding hydrogens is 388 g/mol. The summed E-state index contributed by atoms with van der Waals surface area (Å²) in [6, 6.07) is 2.47. The quantitative estimate of drug-likeness (QED) is 0.484. The first-order valence-corrected chi connectivity index (χ1v) is 10.1. The normalized spacial score (nSPS) is 21.0. The molecule has 9 nitrogen and oxygen atoms in total. The fourth-order valence-electron chi connectivity index (χ4n) is 3.45. The van der Waals surface area contributed by atoms with Crippen LogP contribution in [-0.4, -0.2) is 52.2 Å². The largest absolute Gasteiger partial charge is 0.478 e. The number of carboxylic acids is 1. The molecule has 0 saturated heterocycles. The van der Waals surface area contributed by atoms with E-state index in [4.69, 9.17) is 4.74 Å². The van der Waals surface area contributed by atoms with E-state index in [1.807, 2.05) is 13.8 Å². The van der Waals surface area contributed by atoms with Crippen molar-refractivity contribution in [2.24, 2.45) is 0 Å². The van der Waals surface area contributed by atoms with Crippen molar-refractivity contribution < 1.29 is 24.2 Å². The number of aromatic nitrogens is 1. The Morgan fingerprint density at radius 2 is 1.90 bits per heavy atom. The Labute approximate surface area is 176 Å². The van der Waals surface area contributed by atoms with Gasteiger partial charge < -0.3 is 25.8 Å². The maximum absolute atomic E-state index is 11.9. The molecule has 1 aliphatic rings. The van der Waals surface area contributed by atoms with Crippen molar-refractivity contribution >= 4 is 29.3 Å². The number of ether oxygens (including phenoxy) is 1. The van der Waals surface area contributed by atoms with E-state index in [0.29, 0.717) is 11.5 Å². The summed E-state index contributed by atoms with van der Waals surface area (Å²) < 4.78 is 6.15. The molecule has 3 atom stereocenters. The molecule has 0 aromatic carbocycles. The van der Waals surface area contributed by atoms with Crippen LogP contribution in [0.3, 0.4) is 0 Å². The van der Waals surface area contributed by atoms with Gasteiger partial charge in [0.15, 0.2) is 0 Å². The van der Waals surface area contributed by atoms with Crippen LogP contribution in [-0.2, 0) is 19.1 Å². The standard InChI is InChI=1S/C21H30N4O5/c1-5-16(6-2)30-18-10-14(21(28)29)9-17(20(18)24-13(4)27)25-19-8-7-15(11-22-19)23-12(3)26/h7-8,10-11,16-18,20H,5-6,9H2,1-4H3,(H,22,25)(H,23,26)(H,24,27)(H,28,29)/t17-,18+,20+/m0/s1. The summed E-state index contributed by atoms with van der Waals surface area (Å²) in [7, 11) is 0. The molecule has 0 radical (unpaired) electrons.